The first-order valence-electron chi connectivity index (χ1n) is 11.8. The second-order valence-corrected chi connectivity index (χ2v) is 11.9. The van der Waals surface area contributed by atoms with Crippen LogP contribution in [0.4, 0.5) is 5.69 Å². The minimum Gasteiger partial charge on any atom is -0.352 e. The van der Waals surface area contributed by atoms with Crippen LogP contribution < -0.4 is 9.62 Å². The van der Waals surface area contributed by atoms with E-state index in [0.717, 1.165) is 17.4 Å². The zero-order chi connectivity index (χ0) is 27.2. The molecule has 198 valence electrons. The van der Waals surface area contributed by atoms with E-state index in [1.54, 1.807) is 31.2 Å². The van der Waals surface area contributed by atoms with Gasteiger partial charge < -0.3 is 10.2 Å². The lowest BCUT2D eigenvalue weighted by Gasteiger charge is -2.30. The zero-order valence-electron chi connectivity index (χ0n) is 21.6. The number of carbonyl (C=O) groups is 2. The summed E-state index contributed by atoms with van der Waals surface area (Å²) in [5, 5.41) is 3.63. The molecule has 0 aliphatic rings. The van der Waals surface area contributed by atoms with Crippen LogP contribution in [0.2, 0.25) is 10.0 Å². The minimum absolute atomic E-state index is 0.0399. The Labute approximate surface area is 224 Å². The number of aryl methyl sites for hydroxylation is 1. The highest BCUT2D eigenvalue weighted by Crippen LogP contribution is 2.28. The van der Waals surface area contributed by atoms with E-state index in [1.165, 1.54) is 9.21 Å². The quantitative estimate of drug-likeness (QED) is 0.418. The third kappa shape index (κ3) is 7.85. The summed E-state index contributed by atoms with van der Waals surface area (Å²) >= 11 is 12.7. The van der Waals surface area contributed by atoms with Gasteiger partial charge in [-0.2, -0.15) is 0 Å². The van der Waals surface area contributed by atoms with Crippen molar-refractivity contribution in [3.63, 3.8) is 0 Å². The van der Waals surface area contributed by atoms with E-state index in [1.807, 2.05) is 39.8 Å². The van der Waals surface area contributed by atoms with Crippen molar-refractivity contribution in [1.29, 1.82) is 0 Å². The van der Waals surface area contributed by atoms with Crippen molar-refractivity contribution in [1.82, 2.24) is 10.2 Å². The Bertz CT molecular complexity index is 1180. The number of hydrogen-bond acceptors (Lipinski definition) is 4. The Kier molecular flexibility index (Phi) is 10.6. The van der Waals surface area contributed by atoms with Gasteiger partial charge >= 0.3 is 0 Å². The Morgan fingerprint density at radius 3 is 2.14 bits per heavy atom. The molecule has 2 aromatic rings. The second-order valence-electron chi connectivity index (χ2n) is 9.22. The fourth-order valence-corrected chi connectivity index (χ4v) is 5.36. The zero-order valence-corrected chi connectivity index (χ0v) is 24.0. The number of halogens is 2. The highest BCUT2D eigenvalue weighted by Gasteiger charge is 2.28. The molecule has 0 heterocycles. The third-order valence-corrected chi connectivity index (χ3v) is 7.87. The summed E-state index contributed by atoms with van der Waals surface area (Å²) in [5.41, 5.74) is 2.98. The molecule has 0 aromatic heterocycles. The Balaban J connectivity index is 2.26. The van der Waals surface area contributed by atoms with Gasteiger partial charge in [0.05, 0.1) is 11.9 Å². The molecule has 0 fully saturated rings. The number of nitrogens with one attached hydrogen (secondary N) is 1. The first-order chi connectivity index (χ1) is 16.7. The average molecular weight is 557 g/mol. The molecule has 0 aliphatic carbocycles. The average Bonchev–Trinajstić information content (AvgIpc) is 2.77. The summed E-state index contributed by atoms with van der Waals surface area (Å²) in [6.45, 7) is 9.31. The molecule has 10 heteroatoms. The predicted molar refractivity (Wildman–Crippen MR) is 147 cm³/mol. The van der Waals surface area contributed by atoms with Crippen LogP contribution in [0.15, 0.2) is 36.4 Å². The largest absolute Gasteiger partial charge is 0.352 e. The maximum Gasteiger partial charge on any atom is 0.242 e. The molecule has 0 aliphatic heterocycles. The van der Waals surface area contributed by atoms with Crippen LogP contribution >= 0.6 is 23.2 Å². The lowest BCUT2D eigenvalue weighted by Crippen LogP contribution is -2.49. The summed E-state index contributed by atoms with van der Waals surface area (Å²) in [5.74, 6) is -0.596. The van der Waals surface area contributed by atoms with Crippen molar-refractivity contribution in [2.75, 3.05) is 17.1 Å². The van der Waals surface area contributed by atoms with Crippen LogP contribution in [-0.4, -0.2) is 50.0 Å². The van der Waals surface area contributed by atoms with E-state index in [0.29, 0.717) is 21.3 Å². The van der Waals surface area contributed by atoms with Gasteiger partial charge in [0.25, 0.3) is 0 Å². The van der Waals surface area contributed by atoms with Crippen molar-refractivity contribution in [2.45, 2.75) is 66.1 Å². The predicted octanol–water partition coefficient (Wildman–Crippen LogP) is 5.10. The van der Waals surface area contributed by atoms with Crippen LogP contribution in [-0.2, 0) is 26.2 Å². The molecule has 1 atom stereocenters. The number of amides is 2. The highest BCUT2D eigenvalue weighted by atomic mass is 35.5. The van der Waals surface area contributed by atoms with E-state index >= 15 is 0 Å². The molecule has 2 rings (SSSR count). The second kappa shape index (κ2) is 12.8. The molecule has 2 aromatic carbocycles. The molecular weight excluding hydrogens is 521 g/mol. The molecular formula is C26H35Cl2N3O4S. The van der Waals surface area contributed by atoms with Gasteiger partial charge in [-0.15, -0.1) is 0 Å². The Morgan fingerprint density at radius 1 is 1.00 bits per heavy atom. The number of hydrogen-bond donors (Lipinski definition) is 1. The molecule has 0 radical (unpaired) electrons. The number of sulfonamides is 1. The van der Waals surface area contributed by atoms with Crippen LogP contribution in [0.3, 0.4) is 0 Å². The molecule has 0 bridgehead atoms. The number of benzene rings is 2. The van der Waals surface area contributed by atoms with Crippen molar-refractivity contribution < 1.29 is 18.0 Å². The van der Waals surface area contributed by atoms with Gasteiger partial charge in [-0.3, -0.25) is 13.9 Å². The van der Waals surface area contributed by atoms with Gasteiger partial charge in [-0.1, -0.05) is 41.4 Å². The van der Waals surface area contributed by atoms with Crippen LogP contribution in [0, 0.1) is 13.8 Å². The van der Waals surface area contributed by atoms with E-state index in [-0.39, 0.29) is 43.8 Å². The molecule has 7 nitrogen and oxygen atoms in total. The summed E-state index contributed by atoms with van der Waals surface area (Å²) in [4.78, 5) is 27.6. The number of carbonyl (C=O) groups excluding carboxylic acids is 2. The first-order valence-corrected chi connectivity index (χ1v) is 14.4. The summed E-state index contributed by atoms with van der Waals surface area (Å²) in [7, 11) is -3.57. The van der Waals surface area contributed by atoms with Crippen molar-refractivity contribution in [3.05, 3.63) is 63.1 Å². The van der Waals surface area contributed by atoms with E-state index in [2.05, 4.69) is 5.32 Å². The molecule has 0 spiro atoms. The molecule has 36 heavy (non-hydrogen) atoms. The van der Waals surface area contributed by atoms with Gasteiger partial charge in [0, 0.05) is 41.2 Å². The van der Waals surface area contributed by atoms with Crippen molar-refractivity contribution >= 4 is 50.7 Å². The number of rotatable bonds is 11. The summed E-state index contributed by atoms with van der Waals surface area (Å²) in [6, 6.07) is 9.68. The smallest absolute Gasteiger partial charge is 0.242 e. The SMILES string of the molecule is Cc1cccc(N(CCCC(=O)N(Cc2c(Cl)cccc2Cl)C(C)C(=O)NC(C)C)S(C)(=O)=O)c1C. The maximum absolute atomic E-state index is 13.4. The van der Waals surface area contributed by atoms with Crippen molar-refractivity contribution in [2.24, 2.45) is 0 Å². The van der Waals surface area contributed by atoms with Crippen LogP contribution in [0.5, 0.6) is 0 Å². The van der Waals surface area contributed by atoms with Gasteiger partial charge in [0.2, 0.25) is 21.8 Å². The molecule has 1 N–H and O–H groups in total. The van der Waals surface area contributed by atoms with Crippen LogP contribution in [0.1, 0.15) is 50.3 Å². The summed E-state index contributed by atoms with van der Waals surface area (Å²) in [6.07, 6.45) is 1.46. The van der Waals surface area contributed by atoms with Gasteiger partial charge in [0.1, 0.15) is 6.04 Å². The van der Waals surface area contributed by atoms with Gasteiger partial charge in [0.15, 0.2) is 0 Å². The topological polar surface area (TPSA) is 86.8 Å². The third-order valence-electron chi connectivity index (χ3n) is 5.99. The van der Waals surface area contributed by atoms with Crippen molar-refractivity contribution in [3.8, 4) is 0 Å². The Hall–Kier alpha value is -2.29. The lowest BCUT2D eigenvalue weighted by molar-refractivity contribution is -0.140. The number of nitrogens with zero attached hydrogens (tertiary/aromatic N) is 2. The highest BCUT2D eigenvalue weighted by molar-refractivity contribution is 7.92. The van der Waals surface area contributed by atoms with E-state index in [4.69, 9.17) is 23.2 Å². The normalized spacial score (nSPS) is 12.4. The van der Waals surface area contributed by atoms with Gasteiger partial charge in [-0.05, 0) is 70.4 Å². The minimum atomic E-state index is -3.57. The van der Waals surface area contributed by atoms with Gasteiger partial charge in [-0.25, -0.2) is 8.42 Å². The monoisotopic (exact) mass is 555 g/mol. The van der Waals surface area contributed by atoms with E-state index in [9.17, 15) is 18.0 Å². The van der Waals surface area contributed by atoms with E-state index < -0.39 is 16.1 Å². The fraction of sp³-hybridized carbons (Fsp3) is 0.462. The fourth-order valence-electron chi connectivity index (χ4n) is 3.83. The molecule has 0 saturated carbocycles. The maximum atomic E-state index is 13.4. The summed E-state index contributed by atoms with van der Waals surface area (Å²) < 4.78 is 26.5. The number of anilines is 1. The lowest BCUT2D eigenvalue weighted by atomic mass is 10.1. The Morgan fingerprint density at radius 2 is 1.58 bits per heavy atom. The standard InChI is InChI=1S/C26H35Cl2N3O4S/c1-17(2)29-26(33)20(5)30(16-21-22(27)11-8-12-23(21)28)25(32)14-9-15-31(36(6,34)35)24-13-7-10-18(3)19(24)4/h7-8,10-13,17,20H,9,14-16H2,1-6H3,(H,29,33). The molecule has 2 amide bonds. The molecule has 0 saturated heterocycles. The molecule has 1 unspecified atom stereocenters. The first kappa shape index (κ1) is 29.9. The van der Waals surface area contributed by atoms with Crippen LogP contribution in [0.25, 0.3) is 0 Å².